The fourth-order valence-corrected chi connectivity index (χ4v) is 9.57. The molecule has 4 aliphatic carbocycles. The lowest BCUT2D eigenvalue weighted by molar-refractivity contribution is -0.699. The first-order valence-electron chi connectivity index (χ1n) is 18.6. The van der Waals surface area contributed by atoms with Crippen molar-refractivity contribution < 1.29 is 39.5 Å². The van der Waals surface area contributed by atoms with Gasteiger partial charge in [0.15, 0.2) is 17.2 Å². The van der Waals surface area contributed by atoms with Crippen LogP contribution in [0.3, 0.4) is 0 Å². The van der Waals surface area contributed by atoms with Crippen molar-refractivity contribution in [2.45, 2.75) is 114 Å². The molecule has 0 aromatic rings. The van der Waals surface area contributed by atoms with E-state index in [1.165, 1.54) is 5.57 Å². The molecule has 0 aromatic heterocycles. The normalized spacial score (nSPS) is 38.7. The van der Waals surface area contributed by atoms with Crippen LogP contribution >= 0.6 is 0 Å². The Bertz CT molecular complexity index is 1380. The first-order valence-corrected chi connectivity index (χ1v) is 18.6. The van der Waals surface area contributed by atoms with Gasteiger partial charge in [0.05, 0.1) is 26.2 Å². The number of ether oxygens (including phenoxy) is 2. The van der Waals surface area contributed by atoms with Gasteiger partial charge in [-0.05, 0) is 63.5 Å². The number of likely N-dealkylation sites (N-methyl/N-ethyl adjacent to an activating group) is 1. The summed E-state index contributed by atoms with van der Waals surface area (Å²) in [5.41, 5.74) is 11.6. The van der Waals surface area contributed by atoms with E-state index < -0.39 is 29.0 Å². The van der Waals surface area contributed by atoms with E-state index in [0.717, 1.165) is 63.6 Å². The number of quaternary nitrogens is 2. The molecule has 0 amide bonds. The minimum Gasteiger partial charge on any atom is -0.463 e. The lowest BCUT2D eigenvalue weighted by Crippen LogP contribution is -2.95. The summed E-state index contributed by atoms with van der Waals surface area (Å²) >= 11 is 0. The van der Waals surface area contributed by atoms with Gasteiger partial charge in [0.2, 0.25) is 0 Å². The number of hydrogen-bond donors (Lipinski definition) is 6. The first kappa shape index (κ1) is 35.0. The van der Waals surface area contributed by atoms with Gasteiger partial charge < -0.3 is 20.1 Å². The highest BCUT2D eigenvalue weighted by Crippen LogP contribution is 2.61. The maximum atomic E-state index is 14.3. The number of epoxide rings is 1. The standard InChI is InChI=1S/C37H56N6O5/c1-4-41-29-19-24-10-6-5-9-23(24)18-26(29)21-47-34(46)37-33(45)28-12-8-7-11-27(28)32(44)36(37,48-37)15-13-22(2)17-30(43-35(39)40-3)25-14-16-42-31(38)20-25/h6,10,13,19,23,25-31,41-42H,4-5,7-9,11-12,14-18,20-21,38H2,1-3H3,(H3,39,40,43)/p+3. The maximum absolute atomic E-state index is 14.3. The lowest BCUT2D eigenvalue weighted by Gasteiger charge is -2.37. The number of guanidine groups is 1. The number of fused-ring (bicyclic) bond motifs is 3. The van der Waals surface area contributed by atoms with Gasteiger partial charge in [-0.3, -0.25) is 31.4 Å². The summed E-state index contributed by atoms with van der Waals surface area (Å²) in [6.45, 7) is 6.26. The third kappa shape index (κ3) is 6.55. The zero-order valence-corrected chi connectivity index (χ0v) is 29.2. The number of esters is 1. The minimum atomic E-state index is -1.85. The second kappa shape index (κ2) is 14.5. The van der Waals surface area contributed by atoms with Crippen molar-refractivity contribution >= 4 is 23.5 Å². The van der Waals surface area contributed by atoms with Crippen LogP contribution in [0.15, 0.2) is 35.5 Å². The highest BCUT2D eigenvalue weighted by molar-refractivity contribution is 6.23. The smallest absolute Gasteiger partial charge is 0.350 e. The molecule has 0 aromatic carbocycles. The van der Waals surface area contributed by atoms with E-state index in [4.69, 9.17) is 20.9 Å². The van der Waals surface area contributed by atoms with E-state index in [0.29, 0.717) is 37.1 Å². The summed E-state index contributed by atoms with van der Waals surface area (Å²) in [5, 5.41) is 7.90. The number of ketones is 2. The highest BCUT2D eigenvalue weighted by atomic mass is 16.7. The molecule has 0 spiro atoms. The van der Waals surface area contributed by atoms with E-state index >= 15 is 0 Å². The fourth-order valence-electron chi connectivity index (χ4n) is 9.57. The zero-order valence-electron chi connectivity index (χ0n) is 29.2. The Morgan fingerprint density at radius 3 is 2.71 bits per heavy atom. The third-order valence-electron chi connectivity index (χ3n) is 12.3. The molecule has 6 rings (SSSR count). The average Bonchev–Trinajstić information content (AvgIpc) is 3.80. The number of Topliss-reactive ketones (excluding diaryl/α,β-unsaturated/α-hetero) is 2. The number of piperidine rings is 1. The Hall–Kier alpha value is -2.86. The number of nitrogens with two attached hydrogens (primary N) is 4. The van der Waals surface area contributed by atoms with Gasteiger partial charge in [0, 0.05) is 49.4 Å². The summed E-state index contributed by atoms with van der Waals surface area (Å²) in [7, 11) is 1.78. The van der Waals surface area contributed by atoms with Crippen LogP contribution < -0.4 is 32.4 Å². The van der Waals surface area contributed by atoms with Gasteiger partial charge in [0.1, 0.15) is 18.8 Å². The Kier molecular flexibility index (Phi) is 10.6. The third-order valence-corrected chi connectivity index (χ3v) is 12.3. The van der Waals surface area contributed by atoms with Crippen LogP contribution in [0.25, 0.3) is 0 Å². The summed E-state index contributed by atoms with van der Waals surface area (Å²) < 4.78 is 12.4. The van der Waals surface area contributed by atoms with Crippen molar-refractivity contribution in [3.05, 3.63) is 35.5 Å². The van der Waals surface area contributed by atoms with E-state index in [9.17, 15) is 14.4 Å². The van der Waals surface area contributed by atoms with E-state index in [1.807, 2.05) is 13.0 Å². The van der Waals surface area contributed by atoms with Crippen LogP contribution in [0.1, 0.15) is 84.5 Å². The minimum absolute atomic E-state index is 0.0461. The molecule has 2 saturated heterocycles. The molecule has 0 bridgehead atoms. The molecule has 2 aliphatic heterocycles. The van der Waals surface area contributed by atoms with Crippen molar-refractivity contribution in [2.75, 3.05) is 26.7 Å². The molecule has 10 unspecified atom stereocenters. The van der Waals surface area contributed by atoms with Crippen molar-refractivity contribution in [3.8, 4) is 0 Å². The SMILES string of the molecule is CC[NH2+]C1C=C2C=CCCC2CC1COC(=O)C12OC1(CC=C(C)CC(NC(N)=[NH+]C)C1CC[NH2+]C(N)C1)C(=O)C1CCCCC1C2=O. The van der Waals surface area contributed by atoms with Crippen LogP contribution in [-0.4, -0.2) is 79.7 Å². The van der Waals surface area contributed by atoms with Crippen molar-refractivity contribution in [1.29, 1.82) is 0 Å². The Balaban J connectivity index is 1.21. The number of carbonyl (C=O) groups excluding carboxylic acids is 3. The number of allylic oxidation sites excluding steroid dienone is 3. The molecular formula is C37H59N6O5+3. The van der Waals surface area contributed by atoms with E-state index in [2.05, 4.69) is 46.1 Å². The van der Waals surface area contributed by atoms with Crippen molar-refractivity contribution in [2.24, 2.45) is 41.1 Å². The fraction of sp³-hybridized carbons (Fsp3) is 0.730. The van der Waals surface area contributed by atoms with Crippen molar-refractivity contribution in [1.82, 2.24) is 5.32 Å². The van der Waals surface area contributed by atoms with Gasteiger partial charge in [-0.2, -0.15) is 0 Å². The highest BCUT2D eigenvalue weighted by Gasteiger charge is 2.86. The monoisotopic (exact) mass is 667 g/mol. The predicted molar refractivity (Wildman–Crippen MR) is 181 cm³/mol. The summed E-state index contributed by atoms with van der Waals surface area (Å²) in [5.74, 6) is -0.459. The van der Waals surface area contributed by atoms with E-state index in [-0.39, 0.29) is 48.8 Å². The van der Waals surface area contributed by atoms with Crippen LogP contribution in [0, 0.1) is 29.6 Å². The second-order valence-corrected chi connectivity index (χ2v) is 15.3. The zero-order chi connectivity index (χ0) is 34.1. The molecule has 264 valence electrons. The van der Waals surface area contributed by atoms with Crippen LogP contribution in [-0.2, 0) is 23.9 Å². The lowest BCUT2D eigenvalue weighted by atomic mass is 9.61. The molecule has 2 heterocycles. The molecule has 4 fully saturated rings. The molecule has 48 heavy (non-hydrogen) atoms. The summed E-state index contributed by atoms with van der Waals surface area (Å²) in [6.07, 6.45) is 17.8. The molecule has 2 saturated carbocycles. The predicted octanol–water partition coefficient (Wildman–Crippen LogP) is -1.17. The summed E-state index contributed by atoms with van der Waals surface area (Å²) in [6, 6.07) is 0.244. The van der Waals surface area contributed by atoms with E-state index in [1.54, 1.807) is 7.05 Å². The van der Waals surface area contributed by atoms with Gasteiger partial charge in [0.25, 0.3) is 5.60 Å². The number of rotatable bonds is 11. The van der Waals surface area contributed by atoms with Crippen LogP contribution in [0.5, 0.6) is 0 Å². The summed E-state index contributed by atoms with van der Waals surface area (Å²) in [4.78, 5) is 45.7. The van der Waals surface area contributed by atoms with Crippen LogP contribution in [0.2, 0.25) is 0 Å². The molecule has 0 radical (unpaired) electrons. The Morgan fingerprint density at radius 2 is 1.98 bits per heavy atom. The first-order chi connectivity index (χ1) is 23.1. The number of carbonyl (C=O) groups is 3. The topological polar surface area (TPSA) is 184 Å². The largest absolute Gasteiger partial charge is 0.463 e. The second-order valence-electron chi connectivity index (χ2n) is 15.3. The van der Waals surface area contributed by atoms with Crippen LogP contribution in [0.4, 0.5) is 0 Å². The molecule has 10 N–H and O–H groups in total. The number of hydrogen-bond acceptors (Lipinski definition) is 6. The average molecular weight is 668 g/mol. The van der Waals surface area contributed by atoms with Gasteiger partial charge in [-0.15, -0.1) is 0 Å². The van der Waals surface area contributed by atoms with Crippen molar-refractivity contribution in [3.63, 3.8) is 0 Å². The molecule has 6 aliphatic rings. The van der Waals surface area contributed by atoms with Gasteiger partial charge >= 0.3 is 11.9 Å². The quantitative estimate of drug-likeness (QED) is 0.0398. The Morgan fingerprint density at radius 1 is 1.21 bits per heavy atom. The maximum Gasteiger partial charge on any atom is 0.350 e. The molecule has 11 heteroatoms. The Labute approximate surface area is 285 Å². The van der Waals surface area contributed by atoms with Gasteiger partial charge in [-0.1, -0.05) is 36.6 Å². The van der Waals surface area contributed by atoms with Gasteiger partial charge in [-0.25, -0.2) is 4.79 Å². The molecular weight excluding hydrogens is 608 g/mol. The number of nitrogens with one attached hydrogen (secondary N) is 2. The molecule has 10 atom stereocenters. The molecule has 11 nitrogen and oxygen atoms in total.